The van der Waals surface area contributed by atoms with Gasteiger partial charge in [0.1, 0.15) is 0 Å². The third-order valence-electron chi connectivity index (χ3n) is 1.84. The summed E-state index contributed by atoms with van der Waals surface area (Å²) in [6, 6.07) is -0.950. The number of carbonyl (C=O) groups is 4. The van der Waals surface area contributed by atoms with Crippen molar-refractivity contribution in [3.63, 3.8) is 0 Å². The van der Waals surface area contributed by atoms with Gasteiger partial charge in [0, 0.05) is 0 Å². The number of barbiturate groups is 1. The summed E-state index contributed by atoms with van der Waals surface area (Å²) in [5, 5.41) is 3.63. The van der Waals surface area contributed by atoms with Crippen molar-refractivity contribution in [1.82, 2.24) is 16.1 Å². The molecule has 0 aromatic heterocycles. The second-order valence-corrected chi connectivity index (χ2v) is 2.97. The zero-order valence-corrected chi connectivity index (χ0v) is 8.45. The maximum atomic E-state index is 11.3. The van der Waals surface area contributed by atoms with E-state index < -0.39 is 29.5 Å². The van der Waals surface area contributed by atoms with Crippen LogP contribution in [0.1, 0.15) is 6.92 Å². The molecule has 5 amide bonds. The summed E-state index contributed by atoms with van der Waals surface area (Å²) in [6.45, 7) is 1.08. The minimum absolute atomic E-state index is 0.950. The highest BCUT2D eigenvalue weighted by molar-refractivity contribution is 6.21. The quantitative estimate of drug-likeness (QED) is 0.388. The largest absolute Gasteiger partial charge is 0.451 e. The Morgan fingerprint density at radius 1 is 1.25 bits per heavy atom. The Morgan fingerprint density at radius 2 is 1.75 bits per heavy atom. The summed E-state index contributed by atoms with van der Waals surface area (Å²) in [5.41, 5.74) is -0.302. The molecule has 9 nitrogen and oxygen atoms in total. The SMILES string of the molecule is COC(=O)NOC1(C)C(=O)NC(=O)NC1=O. The Kier molecular flexibility index (Phi) is 3.09. The molecule has 1 rings (SSSR count). The highest BCUT2D eigenvalue weighted by Gasteiger charge is 2.49. The maximum Gasteiger partial charge on any atom is 0.431 e. The molecule has 1 aliphatic heterocycles. The van der Waals surface area contributed by atoms with Gasteiger partial charge in [-0.25, -0.2) is 14.4 Å². The van der Waals surface area contributed by atoms with Gasteiger partial charge in [0.05, 0.1) is 7.11 Å². The van der Waals surface area contributed by atoms with Gasteiger partial charge in [0.2, 0.25) is 5.60 Å². The molecule has 0 unspecified atom stereocenters. The number of carbonyl (C=O) groups excluding carboxylic acids is 4. The van der Waals surface area contributed by atoms with E-state index in [1.54, 1.807) is 5.48 Å². The van der Waals surface area contributed by atoms with Crippen LogP contribution in [0.15, 0.2) is 0 Å². The van der Waals surface area contributed by atoms with Crippen molar-refractivity contribution < 1.29 is 28.8 Å². The van der Waals surface area contributed by atoms with Crippen LogP contribution in [-0.2, 0) is 19.2 Å². The first kappa shape index (κ1) is 11.9. The number of ether oxygens (including phenoxy) is 1. The number of nitrogens with one attached hydrogen (secondary N) is 3. The number of imide groups is 2. The van der Waals surface area contributed by atoms with Gasteiger partial charge in [0.25, 0.3) is 11.8 Å². The molecule has 0 aliphatic carbocycles. The number of methoxy groups -OCH3 is 1. The van der Waals surface area contributed by atoms with Gasteiger partial charge in [-0.2, -0.15) is 5.48 Å². The Morgan fingerprint density at radius 3 is 2.19 bits per heavy atom. The molecule has 1 heterocycles. The summed E-state index contributed by atoms with van der Waals surface area (Å²) in [4.78, 5) is 48.7. The Hall–Kier alpha value is -2.16. The van der Waals surface area contributed by atoms with Crippen molar-refractivity contribution in [2.45, 2.75) is 12.5 Å². The van der Waals surface area contributed by atoms with Gasteiger partial charge in [-0.1, -0.05) is 0 Å². The molecule has 3 N–H and O–H groups in total. The first-order valence-corrected chi connectivity index (χ1v) is 4.09. The van der Waals surface area contributed by atoms with E-state index in [0.29, 0.717) is 0 Å². The van der Waals surface area contributed by atoms with Crippen molar-refractivity contribution in [3.8, 4) is 0 Å². The lowest BCUT2D eigenvalue weighted by Crippen LogP contribution is -2.67. The normalized spacial score (nSPS) is 18.5. The van der Waals surface area contributed by atoms with E-state index in [0.717, 1.165) is 14.0 Å². The fourth-order valence-corrected chi connectivity index (χ4v) is 0.857. The highest BCUT2D eigenvalue weighted by atomic mass is 16.7. The Balaban J connectivity index is 2.74. The molecule has 16 heavy (non-hydrogen) atoms. The average Bonchev–Trinajstić information content (AvgIpc) is 2.22. The lowest BCUT2D eigenvalue weighted by Gasteiger charge is -2.29. The molecule has 1 aliphatic rings. The summed E-state index contributed by atoms with van der Waals surface area (Å²) in [6.07, 6.45) is -0.987. The number of amides is 5. The fraction of sp³-hybridized carbons (Fsp3) is 0.429. The van der Waals surface area contributed by atoms with Crippen molar-refractivity contribution in [2.75, 3.05) is 7.11 Å². The molecule has 9 heteroatoms. The topological polar surface area (TPSA) is 123 Å². The van der Waals surface area contributed by atoms with E-state index in [1.165, 1.54) is 0 Å². The van der Waals surface area contributed by atoms with Crippen molar-refractivity contribution in [2.24, 2.45) is 0 Å². The van der Waals surface area contributed by atoms with E-state index in [9.17, 15) is 19.2 Å². The van der Waals surface area contributed by atoms with E-state index in [2.05, 4.69) is 9.57 Å². The second kappa shape index (κ2) is 4.14. The van der Waals surface area contributed by atoms with Gasteiger partial charge in [-0.05, 0) is 6.92 Å². The predicted molar refractivity (Wildman–Crippen MR) is 46.7 cm³/mol. The fourth-order valence-electron chi connectivity index (χ4n) is 0.857. The lowest BCUT2D eigenvalue weighted by atomic mass is 10.0. The van der Waals surface area contributed by atoms with E-state index in [1.807, 2.05) is 10.6 Å². The molecule has 0 atom stereocenters. The first-order chi connectivity index (χ1) is 7.40. The molecule has 0 radical (unpaired) electrons. The molecule has 0 aromatic carbocycles. The predicted octanol–water partition coefficient (Wildman–Crippen LogP) is -1.60. The van der Waals surface area contributed by atoms with E-state index in [-0.39, 0.29) is 0 Å². The number of hydroxylamine groups is 1. The minimum atomic E-state index is -2.03. The molecular weight excluding hydrogens is 222 g/mol. The van der Waals surface area contributed by atoms with E-state index >= 15 is 0 Å². The molecule has 0 aromatic rings. The lowest BCUT2D eigenvalue weighted by molar-refractivity contribution is -0.166. The van der Waals surface area contributed by atoms with Crippen LogP contribution in [-0.4, -0.2) is 36.6 Å². The molecule has 1 saturated heterocycles. The molecule has 1 fully saturated rings. The number of hydrogen-bond acceptors (Lipinski definition) is 6. The molecule has 0 spiro atoms. The highest BCUT2D eigenvalue weighted by Crippen LogP contribution is 2.12. The van der Waals surface area contributed by atoms with Crippen LogP contribution in [0.25, 0.3) is 0 Å². The average molecular weight is 231 g/mol. The molecule has 88 valence electrons. The zero-order valence-electron chi connectivity index (χ0n) is 8.45. The smallest absolute Gasteiger partial charge is 0.431 e. The van der Waals surface area contributed by atoms with Gasteiger partial charge in [-0.3, -0.25) is 20.2 Å². The van der Waals surface area contributed by atoms with E-state index in [4.69, 9.17) is 0 Å². The van der Waals surface area contributed by atoms with Crippen LogP contribution < -0.4 is 16.1 Å². The third-order valence-corrected chi connectivity index (χ3v) is 1.84. The van der Waals surface area contributed by atoms with Crippen LogP contribution in [0.2, 0.25) is 0 Å². The standard InChI is InChI=1S/C7H9N3O6/c1-7(16-10-6(14)15-2)3(11)8-5(13)9-4(7)12/h1-2H3,(H,10,14)(H2,8,9,11,12,13). The van der Waals surface area contributed by atoms with Gasteiger partial charge >= 0.3 is 12.1 Å². The molecular formula is C7H9N3O6. The summed E-state index contributed by atoms with van der Waals surface area (Å²) >= 11 is 0. The van der Waals surface area contributed by atoms with Crippen LogP contribution >= 0.6 is 0 Å². The summed E-state index contributed by atoms with van der Waals surface area (Å²) in [5.74, 6) is -1.98. The van der Waals surface area contributed by atoms with Crippen LogP contribution in [0.3, 0.4) is 0 Å². The Bertz CT molecular complexity index is 345. The number of rotatable bonds is 2. The second-order valence-electron chi connectivity index (χ2n) is 2.97. The van der Waals surface area contributed by atoms with Gasteiger partial charge in [-0.15, -0.1) is 0 Å². The van der Waals surface area contributed by atoms with Crippen molar-refractivity contribution in [3.05, 3.63) is 0 Å². The van der Waals surface area contributed by atoms with Gasteiger partial charge < -0.3 is 4.74 Å². The molecule has 0 saturated carbocycles. The zero-order chi connectivity index (χ0) is 12.3. The molecule has 0 bridgehead atoms. The number of hydrogen-bond donors (Lipinski definition) is 3. The van der Waals surface area contributed by atoms with Crippen LogP contribution in [0.4, 0.5) is 9.59 Å². The third kappa shape index (κ3) is 2.08. The van der Waals surface area contributed by atoms with Crippen molar-refractivity contribution in [1.29, 1.82) is 0 Å². The summed E-state index contributed by atoms with van der Waals surface area (Å²) < 4.78 is 4.17. The number of urea groups is 1. The van der Waals surface area contributed by atoms with Crippen molar-refractivity contribution >= 4 is 23.9 Å². The van der Waals surface area contributed by atoms with Crippen LogP contribution in [0, 0.1) is 0 Å². The first-order valence-electron chi connectivity index (χ1n) is 4.09. The minimum Gasteiger partial charge on any atom is -0.451 e. The monoisotopic (exact) mass is 231 g/mol. The van der Waals surface area contributed by atoms with Gasteiger partial charge in [0.15, 0.2) is 0 Å². The Labute approximate surface area is 89.4 Å². The maximum absolute atomic E-state index is 11.3. The van der Waals surface area contributed by atoms with Crippen LogP contribution in [0.5, 0.6) is 0 Å². The summed E-state index contributed by atoms with van der Waals surface area (Å²) in [7, 11) is 1.07.